The molecule has 0 aromatic heterocycles. The first-order valence-electron chi connectivity index (χ1n) is 11.1. The number of benzene rings is 1. The van der Waals surface area contributed by atoms with Gasteiger partial charge in [-0.15, -0.1) is 0 Å². The molecule has 2 fully saturated rings. The quantitative estimate of drug-likeness (QED) is 0.285. The highest BCUT2D eigenvalue weighted by Crippen LogP contribution is 2.77. The Bertz CT molecular complexity index is 825. The van der Waals surface area contributed by atoms with Gasteiger partial charge in [0.05, 0.1) is 39.0 Å². The van der Waals surface area contributed by atoms with Crippen molar-refractivity contribution in [2.75, 3.05) is 20.8 Å². The van der Waals surface area contributed by atoms with Crippen LogP contribution < -0.4 is 4.74 Å². The molecule has 0 amide bonds. The smallest absolute Gasteiger partial charge is 0.312 e. The van der Waals surface area contributed by atoms with Crippen LogP contribution in [0, 0.1) is 10.8 Å². The van der Waals surface area contributed by atoms with Crippen molar-refractivity contribution in [3.63, 3.8) is 0 Å². The monoisotopic (exact) mass is 446 g/mol. The molecule has 31 heavy (non-hydrogen) atoms. The van der Waals surface area contributed by atoms with Gasteiger partial charge in [-0.2, -0.15) is 0 Å². The third-order valence-electron chi connectivity index (χ3n) is 7.85. The van der Waals surface area contributed by atoms with Gasteiger partial charge in [0, 0.05) is 5.41 Å². The zero-order chi connectivity index (χ0) is 23.1. The van der Waals surface area contributed by atoms with Crippen molar-refractivity contribution in [3.05, 3.63) is 42.0 Å². The number of hydrogen-bond acceptors (Lipinski definition) is 5. The molecule has 0 spiro atoms. The van der Waals surface area contributed by atoms with Gasteiger partial charge < -0.3 is 18.6 Å². The van der Waals surface area contributed by atoms with Crippen molar-refractivity contribution in [1.82, 2.24) is 0 Å². The van der Waals surface area contributed by atoms with E-state index in [1.807, 2.05) is 24.3 Å². The van der Waals surface area contributed by atoms with Gasteiger partial charge in [0.25, 0.3) is 0 Å². The van der Waals surface area contributed by atoms with Gasteiger partial charge in [0.2, 0.25) is 0 Å². The molecule has 3 rings (SSSR count). The highest BCUT2D eigenvalue weighted by molar-refractivity contribution is 6.74. The predicted molar refractivity (Wildman–Crippen MR) is 125 cm³/mol. The van der Waals surface area contributed by atoms with Gasteiger partial charge in [0.1, 0.15) is 5.75 Å². The first kappa shape index (κ1) is 24.0. The fourth-order valence-corrected chi connectivity index (χ4v) is 6.25. The van der Waals surface area contributed by atoms with Crippen LogP contribution in [0.25, 0.3) is 0 Å². The minimum Gasteiger partial charge on any atom is -0.497 e. The average molecular weight is 447 g/mol. The van der Waals surface area contributed by atoms with E-state index in [4.69, 9.17) is 18.6 Å². The number of carbonyl (C=O) groups is 1. The van der Waals surface area contributed by atoms with Gasteiger partial charge in [-0.3, -0.25) is 4.79 Å². The summed E-state index contributed by atoms with van der Waals surface area (Å²) in [5.41, 5.74) is 1.14. The second-order valence-electron chi connectivity index (χ2n) is 10.6. The number of hydrogen-bond donors (Lipinski definition) is 0. The molecule has 0 unspecified atom stereocenters. The third kappa shape index (κ3) is 4.10. The molecule has 6 heteroatoms. The Morgan fingerprint density at radius 1 is 1.19 bits per heavy atom. The van der Waals surface area contributed by atoms with Crippen LogP contribution in [0.1, 0.15) is 45.6 Å². The summed E-state index contributed by atoms with van der Waals surface area (Å²) < 4.78 is 23.3. The molecular formula is C25H38O5Si. The normalized spacial score (nSPS) is 27.5. The third-order valence-corrected chi connectivity index (χ3v) is 12.3. The van der Waals surface area contributed by atoms with Crippen molar-refractivity contribution < 1.29 is 23.4 Å². The van der Waals surface area contributed by atoms with E-state index in [1.165, 1.54) is 7.11 Å². The Hall–Kier alpha value is -1.63. The Morgan fingerprint density at radius 3 is 2.39 bits per heavy atom. The predicted octanol–water partition coefficient (Wildman–Crippen LogP) is 5.50. The zero-order valence-electron chi connectivity index (χ0n) is 20.2. The lowest BCUT2D eigenvalue weighted by molar-refractivity contribution is -0.148. The first-order valence-corrected chi connectivity index (χ1v) is 14.0. The van der Waals surface area contributed by atoms with Crippen molar-refractivity contribution in [3.8, 4) is 5.75 Å². The van der Waals surface area contributed by atoms with Crippen LogP contribution in [-0.4, -0.2) is 41.2 Å². The topological polar surface area (TPSA) is 54.0 Å². The van der Waals surface area contributed by atoms with Crippen LogP contribution in [0.5, 0.6) is 5.75 Å². The molecule has 0 radical (unpaired) electrons. The minimum absolute atomic E-state index is 0.00965. The molecule has 0 heterocycles. The molecular weight excluding hydrogens is 408 g/mol. The van der Waals surface area contributed by atoms with Gasteiger partial charge in [-0.1, -0.05) is 39.5 Å². The lowest BCUT2D eigenvalue weighted by Crippen LogP contribution is -2.46. The average Bonchev–Trinajstić information content (AvgIpc) is 3.32. The maximum Gasteiger partial charge on any atom is 0.312 e. The van der Waals surface area contributed by atoms with E-state index < -0.39 is 13.7 Å². The summed E-state index contributed by atoms with van der Waals surface area (Å²) in [6, 6.07) is 7.84. The van der Waals surface area contributed by atoms with Crippen LogP contribution in [0.4, 0.5) is 0 Å². The summed E-state index contributed by atoms with van der Waals surface area (Å²) in [5.74, 6) is 0.689. The first-order chi connectivity index (χ1) is 14.4. The number of methoxy groups -OCH3 is 2. The summed E-state index contributed by atoms with van der Waals surface area (Å²) in [5, 5.41) is 0.103. The van der Waals surface area contributed by atoms with Gasteiger partial charge in [-0.05, 0) is 60.7 Å². The van der Waals surface area contributed by atoms with E-state index in [2.05, 4.69) is 40.4 Å². The van der Waals surface area contributed by atoms with Gasteiger partial charge >= 0.3 is 5.97 Å². The van der Waals surface area contributed by atoms with Crippen molar-refractivity contribution in [2.45, 2.75) is 70.9 Å². The van der Waals surface area contributed by atoms with Crippen LogP contribution >= 0.6 is 0 Å². The van der Waals surface area contributed by atoms with E-state index >= 15 is 0 Å². The molecule has 3 atom stereocenters. The van der Waals surface area contributed by atoms with Gasteiger partial charge in [-0.25, -0.2) is 0 Å². The highest BCUT2D eigenvalue weighted by Gasteiger charge is 2.80. The second-order valence-corrected chi connectivity index (χ2v) is 15.3. The summed E-state index contributed by atoms with van der Waals surface area (Å²) in [6.45, 7) is 16.6. The Kier molecular flexibility index (Phi) is 6.49. The van der Waals surface area contributed by atoms with E-state index in [-0.39, 0.29) is 22.5 Å². The lowest BCUT2D eigenvalue weighted by atomic mass is 9.87. The van der Waals surface area contributed by atoms with Gasteiger partial charge in [0.15, 0.2) is 8.32 Å². The maximum atomic E-state index is 12.8. The Balaban J connectivity index is 1.73. The second kappa shape index (κ2) is 8.37. The number of rotatable bonds is 9. The molecule has 0 saturated heterocycles. The fraction of sp³-hybridized carbons (Fsp3) is 0.640. The number of esters is 1. The molecule has 172 valence electrons. The summed E-state index contributed by atoms with van der Waals surface area (Å²) in [6.07, 6.45) is 2.39. The molecule has 0 N–H and O–H groups in total. The molecule has 2 aliphatic rings. The molecule has 2 saturated carbocycles. The van der Waals surface area contributed by atoms with E-state index in [1.54, 1.807) is 7.11 Å². The Labute approximate surface area is 188 Å². The van der Waals surface area contributed by atoms with Crippen molar-refractivity contribution in [1.29, 1.82) is 0 Å². The highest BCUT2D eigenvalue weighted by atomic mass is 28.4. The number of carbonyl (C=O) groups excluding carboxylic acids is 1. The summed E-state index contributed by atoms with van der Waals surface area (Å²) >= 11 is 0. The maximum absolute atomic E-state index is 12.8. The van der Waals surface area contributed by atoms with E-state index in [0.717, 1.165) is 36.1 Å². The number of ether oxygens (including phenoxy) is 3. The minimum atomic E-state index is -1.99. The standard InChI is InChI=1S/C25H38O5Si/c1-18(15-29-16-19-9-11-20(27-5)12-10-19)25-17-24(25,22(26)28-6)14-13-21(25)30-31(7,8)23(2,3)4/h9-12,21H,1,13-17H2,2-8H3/t21-,24-,25+/m1/s1. The number of fused-ring (bicyclic) bond motifs is 1. The van der Waals surface area contributed by atoms with Crippen LogP contribution in [0.3, 0.4) is 0 Å². The summed E-state index contributed by atoms with van der Waals surface area (Å²) in [7, 11) is 1.14. The molecule has 0 bridgehead atoms. The van der Waals surface area contributed by atoms with E-state index in [9.17, 15) is 4.79 Å². The molecule has 0 aliphatic heterocycles. The summed E-state index contributed by atoms with van der Waals surface area (Å²) in [4.78, 5) is 12.8. The lowest BCUT2D eigenvalue weighted by Gasteiger charge is -2.41. The van der Waals surface area contributed by atoms with Crippen molar-refractivity contribution in [2.24, 2.45) is 10.8 Å². The molecule has 2 aliphatic carbocycles. The Morgan fingerprint density at radius 2 is 1.84 bits per heavy atom. The SMILES string of the molecule is C=C(COCc1ccc(OC)cc1)[C@]12C[C@@]1(C(=O)OC)CC[C@H]2O[Si](C)(C)C(C)(C)C. The molecule has 1 aromatic carbocycles. The zero-order valence-corrected chi connectivity index (χ0v) is 21.2. The van der Waals surface area contributed by atoms with Crippen LogP contribution in [0.15, 0.2) is 36.4 Å². The van der Waals surface area contributed by atoms with E-state index in [0.29, 0.717) is 13.2 Å². The van der Waals surface area contributed by atoms with Crippen LogP contribution in [-0.2, 0) is 25.3 Å². The fourth-order valence-electron chi connectivity index (χ4n) is 4.87. The molecule has 5 nitrogen and oxygen atoms in total. The largest absolute Gasteiger partial charge is 0.497 e. The molecule has 1 aromatic rings. The van der Waals surface area contributed by atoms with Crippen LogP contribution in [0.2, 0.25) is 18.1 Å². The van der Waals surface area contributed by atoms with Crippen molar-refractivity contribution >= 4 is 14.3 Å².